The summed E-state index contributed by atoms with van der Waals surface area (Å²) in [6, 6.07) is 12.3. The van der Waals surface area contributed by atoms with Gasteiger partial charge < -0.3 is 9.40 Å². The van der Waals surface area contributed by atoms with E-state index >= 15 is 0 Å². The molecule has 6 rings (SSSR count). The molecular weight excluding hydrogens is 352 g/mol. The van der Waals surface area contributed by atoms with Crippen LogP contribution in [-0.4, -0.2) is 30.4 Å². The Labute approximate surface area is 158 Å². The standard InChI is InChI=1S/C21H14N6O/c1-2-14(12-4-5-28-11-12)15-6-19(25-17(15)3-1)21-16-7-18(13-8-23-24-9-13)22-10-20(16)26-27-21/h1-11,25H,(H,23,24)(H,26,27). The van der Waals surface area contributed by atoms with E-state index in [1.165, 1.54) is 0 Å². The molecule has 0 aliphatic rings. The highest BCUT2D eigenvalue weighted by Crippen LogP contribution is 2.34. The highest BCUT2D eigenvalue weighted by Gasteiger charge is 2.15. The van der Waals surface area contributed by atoms with Gasteiger partial charge in [-0.05, 0) is 29.8 Å². The average molecular weight is 366 g/mol. The SMILES string of the molecule is c1cc(-c2ccoc2)c2cc(-c3n[nH]c4cnc(-c5cn[nH]c5)cc34)[nH]c2c1. The van der Waals surface area contributed by atoms with E-state index < -0.39 is 0 Å². The summed E-state index contributed by atoms with van der Waals surface area (Å²) in [5.74, 6) is 0. The Morgan fingerprint density at radius 3 is 2.79 bits per heavy atom. The minimum Gasteiger partial charge on any atom is -0.472 e. The topological polar surface area (TPSA) is 99.2 Å². The summed E-state index contributed by atoms with van der Waals surface area (Å²) >= 11 is 0. The zero-order valence-electron chi connectivity index (χ0n) is 14.6. The first-order valence-corrected chi connectivity index (χ1v) is 8.85. The van der Waals surface area contributed by atoms with Crippen molar-refractivity contribution in [1.29, 1.82) is 0 Å². The molecule has 1 aromatic carbocycles. The molecule has 7 heteroatoms. The van der Waals surface area contributed by atoms with Gasteiger partial charge in [0.25, 0.3) is 0 Å². The molecule has 134 valence electrons. The number of hydrogen-bond donors (Lipinski definition) is 3. The van der Waals surface area contributed by atoms with E-state index in [0.717, 1.165) is 55.6 Å². The Bertz CT molecular complexity index is 1410. The van der Waals surface area contributed by atoms with Crippen molar-refractivity contribution in [3.8, 4) is 33.8 Å². The molecule has 0 bridgehead atoms. The Morgan fingerprint density at radius 2 is 1.93 bits per heavy atom. The van der Waals surface area contributed by atoms with E-state index in [1.807, 2.05) is 24.4 Å². The molecular formula is C21H14N6O. The molecule has 0 aliphatic heterocycles. The van der Waals surface area contributed by atoms with Crippen LogP contribution < -0.4 is 0 Å². The van der Waals surface area contributed by atoms with E-state index in [2.05, 4.69) is 48.6 Å². The molecule has 0 spiro atoms. The summed E-state index contributed by atoms with van der Waals surface area (Å²) in [6.07, 6.45) is 8.83. The van der Waals surface area contributed by atoms with E-state index in [0.29, 0.717) is 0 Å². The van der Waals surface area contributed by atoms with Crippen LogP contribution in [0.1, 0.15) is 0 Å². The van der Waals surface area contributed by atoms with Gasteiger partial charge in [0.1, 0.15) is 5.69 Å². The molecule has 0 fully saturated rings. The number of rotatable bonds is 3. The highest BCUT2D eigenvalue weighted by atomic mass is 16.3. The second-order valence-electron chi connectivity index (χ2n) is 6.64. The van der Waals surface area contributed by atoms with Crippen molar-refractivity contribution in [2.75, 3.05) is 0 Å². The number of hydrogen-bond acceptors (Lipinski definition) is 4. The van der Waals surface area contributed by atoms with Crippen molar-refractivity contribution in [2.45, 2.75) is 0 Å². The number of aromatic nitrogens is 6. The molecule has 0 aliphatic carbocycles. The predicted octanol–water partition coefficient (Wildman–Crippen LogP) is 4.76. The molecule has 3 N–H and O–H groups in total. The van der Waals surface area contributed by atoms with Crippen molar-refractivity contribution in [1.82, 2.24) is 30.4 Å². The van der Waals surface area contributed by atoms with Gasteiger partial charge >= 0.3 is 0 Å². The lowest BCUT2D eigenvalue weighted by atomic mass is 10.0. The van der Waals surface area contributed by atoms with Crippen LogP contribution in [0, 0.1) is 0 Å². The van der Waals surface area contributed by atoms with Gasteiger partial charge in [-0.3, -0.25) is 15.2 Å². The van der Waals surface area contributed by atoms with Crippen molar-refractivity contribution in [2.24, 2.45) is 0 Å². The lowest BCUT2D eigenvalue weighted by molar-refractivity contribution is 0.568. The first kappa shape index (κ1) is 15.0. The number of fused-ring (bicyclic) bond motifs is 2. The van der Waals surface area contributed by atoms with Gasteiger partial charge in [0.15, 0.2) is 0 Å². The Kier molecular flexibility index (Phi) is 3.04. The Morgan fingerprint density at radius 1 is 0.929 bits per heavy atom. The smallest absolute Gasteiger partial charge is 0.116 e. The fourth-order valence-corrected chi connectivity index (χ4v) is 3.62. The molecule has 5 aromatic heterocycles. The maximum absolute atomic E-state index is 5.26. The molecule has 6 aromatic rings. The summed E-state index contributed by atoms with van der Waals surface area (Å²) in [6.45, 7) is 0. The maximum atomic E-state index is 5.26. The zero-order valence-corrected chi connectivity index (χ0v) is 14.6. The van der Waals surface area contributed by atoms with Gasteiger partial charge in [-0.25, -0.2) is 0 Å². The number of nitrogens with one attached hydrogen (secondary N) is 3. The van der Waals surface area contributed by atoms with Gasteiger partial charge in [-0.1, -0.05) is 12.1 Å². The van der Waals surface area contributed by atoms with Crippen molar-refractivity contribution >= 4 is 21.8 Å². The summed E-state index contributed by atoms with van der Waals surface area (Å²) < 4.78 is 5.26. The molecule has 0 radical (unpaired) electrons. The van der Waals surface area contributed by atoms with Crippen LogP contribution in [0.5, 0.6) is 0 Å². The largest absolute Gasteiger partial charge is 0.472 e. The maximum Gasteiger partial charge on any atom is 0.116 e. The van der Waals surface area contributed by atoms with Crippen LogP contribution in [0.15, 0.2) is 71.9 Å². The van der Waals surface area contributed by atoms with Gasteiger partial charge in [-0.2, -0.15) is 10.2 Å². The molecule has 0 atom stereocenters. The van der Waals surface area contributed by atoms with Gasteiger partial charge in [0.05, 0.1) is 41.8 Å². The molecule has 5 heterocycles. The van der Waals surface area contributed by atoms with E-state index in [9.17, 15) is 0 Å². The first-order chi connectivity index (χ1) is 13.9. The molecule has 0 unspecified atom stereocenters. The highest BCUT2D eigenvalue weighted by molar-refractivity contribution is 6.01. The number of pyridine rings is 1. The van der Waals surface area contributed by atoms with Crippen LogP contribution in [-0.2, 0) is 0 Å². The minimum absolute atomic E-state index is 0.846. The quantitative estimate of drug-likeness (QED) is 0.420. The number of nitrogens with zero attached hydrogens (tertiary/aromatic N) is 3. The van der Waals surface area contributed by atoms with Crippen LogP contribution in [0.4, 0.5) is 0 Å². The minimum atomic E-state index is 0.846. The second kappa shape index (κ2) is 5.68. The first-order valence-electron chi connectivity index (χ1n) is 8.85. The van der Waals surface area contributed by atoms with Crippen molar-refractivity contribution in [3.05, 3.63) is 67.5 Å². The number of aromatic amines is 3. The predicted molar refractivity (Wildman–Crippen MR) is 106 cm³/mol. The number of H-pyrrole nitrogens is 3. The normalized spacial score (nSPS) is 11.6. The summed E-state index contributed by atoms with van der Waals surface area (Å²) in [5.41, 5.74) is 7.69. The second-order valence-corrected chi connectivity index (χ2v) is 6.64. The Balaban J connectivity index is 1.55. The summed E-state index contributed by atoms with van der Waals surface area (Å²) in [7, 11) is 0. The fourth-order valence-electron chi connectivity index (χ4n) is 3.62. The van der Waals surface area contributed by atoms with E-state index in [4.69, 9.17) is 4.42 Å². The summed E-state index contributed by atoms with van der Waals surface area (Å²) in [4.78, 5) is 7.99. The van der Waals surface area contributed by atoms with E-state index in [1.54, 1.807) is 24.9 Å². The molecule has 7 nitrogen and oxygen atoms in total. The third-order valence-electron chi connectivity index (χ3n) is 4.99. The molecule has 0 saturated carbocycles. The van der Waals surface area contributed by atoms with Crippen LogP contribution in [0.3, 0.4) is 0 Å². The monoisotopic (exact) mass is 366 g/mol. The van der Waals surface area contributed by atoms with Crippen LogP contribution in [0.2, 0.25) is 0 Å². The van der Waals surface area contributed by atoms with Gasteiger partial charge in [0, 0.05) is 33.6 Å². The molecule has 0 amide bonds. The molecule has 0 saturated heterocycles. The van der Waals surface area contributed by atoms with Crippen LogP contribution >= 0.6 is 0 Å². The lowest BCUT2D eigenvalue weighted by Crippen LogP contribution is -1.82. The van der Waals surface area contributed by atoms with Crippen LogP contribution in [0.25, 0.3) is 55.6 Å². The summed E-state index contributed by atoms with van der Waals surface area (Å²) in [5, 5.41) is 16.6. The van der Waals surface area contributed by atoms with Crippen molar-refractivity contribution in [3.63, 3.8) is 0 Å². The average Bonchev–Trinajstić information content (AvgIpc) is 3.53. The van der Waals surface area contributed by atoms with E-state index in [-0.39, 0.29) is 0 Å². The third-order valence-corrected chi connectivity index (χ3v) is 4.99. The number of benzene rings is 1. The zero-order chi connectivity index (χ0) is 18.5. The van der Waals surface area contributed by atoms with Gasteiger partial charge in [0.2, 0.25) is 0 Å². The molecule has 28 heavy (non-hydrogen) atoms. The van der Waals surface area contributed by atoms with Gasteiger partial charge in [-0.15, -0.1) is 0 Å². The number of furan rings is 1. The lowest BCUT2D eigenvalue weighted by Gasteiger charge is -1.98. The Hall–Kier alpha value is -4.13. The third kappa shape index (κ3) is 2.20. The van der Waals surface area contributed by atoms with Crippen molar-refractivity contribution < 1.29 is 4.42 Å². The fraction of sp³-hybridized carbons (Fsp3) is 0.